The van der Waals surface area contributed by atoms with Gasteiger partial charge in [0.15, 0.2) is 16.3 Å². The maximum absolute atomic E-state index is 12.0. The Morgan fingerprint density at radius 2 is 2.26 bits per heavy atom. The fraction of sp³-hybridized carbons (Fsp3) is 0.143. The van der Waals surface area contributed by atoms with Gasteiger partial charge in [-0.3, -0.25) is 14.6 Å². The van der Waals surface area contributed by atoms with E-state index in [4.69, 9.17) is 11.6 Å². The van der Waals surface area contributed by atoms with Gasteiger partial charge in [-0.1, -0.05) is 29.4 Å². The molecule has 3 rings (SSSR count). The number of amides is 1. The van der Waals surface area contributed by atoms with Crippen LogP contribution in [0.15, 0.2) is 34.5 Å². The molecule has 0 radical (unpaired) electrons. The van der Waals surface area contributed by atoms with Gasteiger partial charge in [-0.25, -0.2) is 9.97 Å². The van der Waals surface area contributed by atoms with Gasteiger partial charge in [0, 0.05) is 10.7 Å². The summed E-state index contributed by atoms with van der Waals surface area (Å²) < 4.78 is 0. The first-order chi connectivity index (χ1) is 11.0. The smallest absolute Gasteiger partial charge is 0.277 e. The van der Waals surface area contributed by atoms with Crippen molar-refractivity contribution in [1.29, 1.82) is 0 Å². The first kappa shape index (κ1) is 15.6. The Labute approximate surface area is 139 Å². The minimum Gasteiger partial charge on any atom is -0.339 e. The molecule has 23 heavy (non-hydrogen) atoms. The highest BCUT2D eigenvalue weighted by Gasteiger charge is 2.10. The van der Waals surface area contributed by atoms with Crippen molar-refractivity contribution in [2.75, 3.05) is 11.1 Å². The average Bonchev–Trinajstić information content (AvgIpc) is 2.98. The molecule has 0 aliphatic carbocycles. The zero-order valence-electron chi connectivity index (χ0n) is 12.0. The number of aromatic nitrogens is 4. The van der Waals surface area contributed by atoms with E-state index in [1.807, 2.05) is 13.0 Å². The second-order valence-electron chi connectivity index (χ2n) is 4.77. The van der Waals surface area contributed by atoms with E-state index in [-0.39, 0.29) is 17.2 Å². The van der Waals surface area contributed by atoms with Gasteiger partial charge in [0.05, 0.1) is 12.1 Å². The molecule has 0 saturated carbocycles. The zero-order valence-corrected chi connectivity index (χ0v) is 13.6. The fourth-order valence-corrected chi connectivity index (χ4v) is 2.77. The Bertz CT molecular complexity index is 936. The molecule has 7 nitrogen and oxygen atoms in total. The molecule has 2 heterocycles. The lowest BCUT2D eigenvalue weighted by Crippen LogP contribution is -2.16. The molecule has 1 aromatic carbocycles. The Morgan fingerprint density at radius 3 is 3.09 bits per heavy atom. The summed E-state index contributed by atoms with van der Waals surface area (Å²) in [5, 5.41) is 3.67. The van der Waals surface area contributed by atoms with E-state index in [0.29, 0.717) is 27.0 Å². The summed E-state index contributed by atoms with van der Waals surface area (Å²) >= 11 is 7.04. The number of nitrogens with zero attached hydrogens (tertiary/aromatic N) is 2. The third-order valence-electron chi connectivity index (χ3n) is 3.09. The average molecular weight is 350 g/mol. The highest BCUT2D eigenvalue weighted by Crippen LogP contribution is 2.21. The maximum Gasteiger partial charge on any atom is 0.277 e. The minimum atomic E-state index is -0.318. The van der Waals surface area contributed by atoms with E-state index < -0.39 is 0 Å². The summed E-state index contributed by atoms with van der Waals surface area (Å²) in [6, 6.07) is 5.28. The Balaban J connectivity index is 1.68. The quantitative estimate of drug-likeness (QED) is 0.495. The fourth-order valence-electron chi connectivity index (χ4n) is 1.94. The molecule has 9 heteroatoms. The molecule has 0 fully saturated rings. The van der Waals surface area contributed by atoms with E-state index >= 15 is 0 Å². The summed E-state index contributed by atoms with van der Waals surface area (Å²) in [5.41, 5.74) is 1.89. The van der Waals surface area contributed by atoms with Gasteiger partial charge in [0.1, 0.15) is 0 Å². The first-order valence-corrected chi connectivity index (χ1v) is 8.01. The second kappa shape index (κ2) is 6.43. The Kier molecular flexibility index (Phi) is 4.35. The highest BCUT2D eigenvalue weighted by molar-refractivity contribution is 7.99. The molecule has 0 unspecified atom stereocenters. The van der Waals surface area contributed by atoms with Crippen LogP contribution >= 0.6 is 23.4 Å². The lowest BCUT2D eigenvalue weighted by Gasteiger charge is -2.08. The van der Waals surface area contributed by atoms with Crippen LogP contribution in [0.25, 0.3) is 11.2 Å². The molecule has 1 amide bonds. The maximum atomic E-state index is 12.0. The summed E-state index contributed by atoms with van der Waals surface area (Å²) in [7, 11) is 0. The largest absolute Gasteiger partial charge is 0.339 e. The van der Waals surface area contributed by atoms with Crippen LogP contribution in [0.1, 0.15) is 5.56 Å². The zero-order chi connectivity index (χ0) is 16.4. The third kappa shape index (κ3) is 3.54. The number of halogens is 1. The molecule has 0 bridgehead atoms. The molecule has 0 spiro atoms. The van der Waals surface area contributed by atoms with Crippen LogP contribution in [0, 0.1) is 6.92 Å². The number of aromatic amines is 2. The van der Waals surface area contributed by atoms with Gasteiger partial charge in [-0.05, 0) is 24.6 Å². The van der Waals surface area contributed by atoms with Crippen molar-refractivity contribution in [2.45, 2.75) is 12.1 Å². The van der Waals surface area contributed by atoms with E-state index in [2.05, 4.69) is 25.3 Å². The predicted molar refractivity (Wildman–Crippen MR) is 90.1 cm³/mol. The number of nitrogens with one attached hydrogen (secondary N) is 3. The molecule has 0 saturated heterocycles. The topological polar surface area (TPSA) is 104 Å². The number of fused-ring (bicyclic) bond motifs is 1. The molecular weight excluding hydrogens is 338 g/mol. The number of H-pyrrole nitrogens is 2. The molecular formula is C14H12ClN5O2S. The number of carbonyl (C=O) groups excluding carboxylic acids is 1. The van der Waals surface area contributed by atoms with Crippen LogP contribution in [0.2, 0.25) is 5.02 Å². The summed E-state index contributed by atoms with van der Waals surface area (Å²) in [6.45, 7) is 1.88. The van der Waals surface area contributed by atoms with Crippen LogP contribution in [-0.2, 0) is 4.79 Å². The predicted octanol–water partition coefficient (Wildman–Crippen LogP) is 2.34. The molecule has 2 aromatic heterocycles. The number of aryl methyl sites for hydroxylation is 1. The minimum absolute atomic E-state index is 0.102. The Morgan fingerprint density at radius 1 is 1.43 bits per heavy atom. The molecule has 3 N–H and O–H groups in total. The molecule has 3 aromatic rings. The van der Waals surface area contributed by atoms with Crippen molar-refractivity contribution in [1.82, 2.24) is 19.9 Å². The van der Waals surface area contributed by atoms with Gasteiger partial charge in [0.25, 0.3) is 5.56 Å². The lowest BCUT2D eigenvalue weighted by atomic mass is 10.2. The lowest BCUT2D eigenvalue weighted by molar-refractivity contribution is -0.113. The van der Waals surface area contributed by atoms with Crippen LogP contribution in [0.5, 0.6) is 0 Å². The standard InChI is InChI=1S/C14H12ClN5O2S/c1-7-2-3-8(15)4-9(7)18-10(21)5-23-14-19-12-11(13(22)20-14)16-6-17-12/h2-4,6H,5H2,1H3,(H,18,21)(H2,16,17,19,20,22). The third-order valence-corrected chi connectivity index (χ3v) is 4.20. The van der Waals surface area contributed by atoms with Crippen LogP contribution in [0.4, 0.5) is 5.69 Å². The normalized spacial score (nSPS) is 10.9. The van der Waals surface area contributed by atoms with Crippen LogP contribution < -0.4 is 10.9 Å². The van der Waals surface area contributed by atoms with E-state index in [1.165, 1.54) is 6.33 Å². The summed E-state index contributed by atoms with van der Waals surface area (Å²) in [6.07, 6.45) is 1.40. The van der Waals surface area contributed by atoms with E-state index in [1.54, 1.807) is 12.1 Å². The molecule has 0 aliphatic heterocycles. The number of hydrogen-bond donors (Lipinski definition) is 3. The number of carbonyl (C=O) groups is 1. The highest BCUT2D eigenvalue weighted by atomic mass is 35.5. The number of thioether (sulfide) groups is 1. The number of imidazole rings is 1. The van der Waals surface area contributed by atoms with Gasteiger partial charge < -0.3 is 10.3 Å². The van der Waals surface area contributed by atoms with E-state index in [9.17, 15) is 9.59 Å². The van der Waals surface area contributed by atoms with Crippen LogP contribution in [-0.4, -0.2) is 31.6 Å². The summed E-state index contributed by atoms with van der Waals surface area (Å²) in [4.78, 5) is 37.2. The van der Waals surface area contributed by atoms with Crippen molar-refractivity contribution >= 4 is 46.1 Å². The van der Waals surface area contributed by atoms with Crippen molar-refractivity contribution in [3.05, 3.63) is 45.5 Å². The first-order valence-electron chi connectivity index (χ1n) is 6.65. The van der Waals surface area contributed by atoms with Gasteiger partial charge in [-0.2, -0.15) is 0 Å². The number of rotatable bonds is 4. The van der Waals surface area contributed by atoms with Crippen molar-refractivity contribution in [3.63, 3.8) is 0 Å². The SMILES string of the molecule is Cc1ccc(Cl)cc1NC(=O)CSc1nc2nc[nH]c2c(=O)[nH]1. The van der Waals surface area contributed by atoms with Gasteiger partial charge in [-0.15, -0.1) is 0 Å². The van der Waals surface area contributed by atoms with Crippen molar-refractivity contribution in [3.8, 4) is 0 Å². The van der Waals surface area contributed by atoms with Gasteiger partial charge in [0.2, 0.25) is 5.91 Å². The molecule has 118 valence electrons. The number of hydrogen-bond acceptors (Lipinski definition) is 5. The van der Waals surface area contributed by atoms with E-state index in [0.717, 1.165) is 17.3 Å². The second-order valence-corrected chi connectivity index (χ2v) is 6.17. The number of anilines is 1. The number of benzene rings is 1. The monoisotopic (exact) mass is 349 g/mol. The summed E-state index contributed by atoms with van der Waals surface area (Å²) in [5.74, 6) is -0.115. The van der Waals surface area contributed by atoms with Crippen LogP contribution in [0.3, 0.4) is 0 Å². The van der Waals surface area contributed by atoms with Gasteiger partial charge >= 0.3 is 0 Å². The molecule has 0 aliphatic rings. The van der Waals surface area contributed by atoms with Crippen molar-refractivity contribution < 1.29 is 4.79 Å². The Hall–Kier alpha value is -2.32. The molecule has 0 atom stereocenters. The van der Waals surface area contributed by atoms with Crippen molar-refractivity contribution in [2.24, 2.45) is 0 Å².